The molecule has 0 aliphatic carbocycles. The van der Waals surface area contributed by atoms with Crippen LogP contribution < -0.4 is 5.19 Å². The summed E-state index contributed by atoms with van der Waals surface area (Å²) in [5.74, 6) is 0. The van der Waals surface area contributed by atoms with E-state index in [1.807, 2.05) is 6.07 Å². The van der Waals surface area contributed by atoms with Gasteiger partial charge in [-0.3, -0.25) is 4.39 Å². The Kier molecular flexibility index (Phi) is 2.93. The zero-order valence-corrected chi connectivity index (χ0v) is 8.24. The predicted octanol–water partition coefficient (Wildman–Crippen LogP) is 2.32. The lowest BCUT2D eigenvalue weighted by atomic mass is 10.4. The minimum Gasteiger partial charge on any atom is -0.251 e. The first kappa shape index (κ1) is 9.04. The number of hydrogen-bond acceptors (Lipinski definition) is 0. The summed E-state index contributed by atoms with van der Waals surface area (Å²) in [6.07, 6.45) is -0.639. The van der Waals surface area contributed by atoms with Crippen molar-refractivity contribution in [1.82, 2.24) is 0 Å². The van der Waals surface area contributed by atoms with E-state index in [0.717, 1.165) is 5.19 Å². The van der Waals surface area contributed by atoms with Gasteiger partial charge < -0.3 is 0 Å². The van der Waals surface area contributed by atoms with Gasteiger partial charge in [0.1, 0.15) is 6.30 Å². The largest absolute Gasteiger partial charge is 0.310 e. The second-order valence-corrected chi connectivity index (χ2v) is 8.91. The summed E-state index contributed by atoms with van der Waals surface area (Å²) in [6.45, 7) is -2.78. The second kappa shape index (κ2) is 3.56. The maximum atomic E-state index is 12.3. The van der Waals surface area contributed by atoms with Crippen molar-refractivity contribution >= 4 is 34.0 Å². The maximum absolute atomic E-state index is 12.3. The van der Waals surface area contributed by atoms with Gasteiger partial charge in [-0.2, -0.15) is 0 Å². The van der Waals surface area contributed by atoms with E-state index >= 15 is 0 Å². The van der Waals surface area contributed by atoms with Crippen LogP contribution in [0.1, 0.15) is 0 Å². The fourth-order valence-electron chi connectivity index (χ4n) is 0.759. The van der Waals surface area contributed by atoms with Crippen LogP contribution in [0.25, 0.3) is 0 Å². The highest BCUT2D eigenvalue weighted by Gasteiger charge is 2.30. The molecule has 0 nitrogen and oxygen atoms in total. The van der Waals surface area contributed by atoms with Crippen molar-refractivity contribution in [1.29, 1.82) is 0 Å². The third kappa shape index (κ3) is 2.19. The van der Waals surface area contributed by atoms with Gasteiger partial charge in [0, 0.05) is 0 Å². The van der Waals surface area contributed by atoms with Crippen molar-refractivity contribution in [3.63, 3.8) is 0 Å². The number of benzene rings is 1. The van der Waals surface area contributed by atoms with Crippen LogP contribution in [0, 0.1) is 0 Å². The lowest BCUT2D eigenvalue weighted by Gasteiger charge is -2.11. The summed E-state index contributed by atoms with van der Waals surface area (Å²) >= 11 is 11.6. The molecule has 0 bridgehead atoms. The van der Waals surface area contributed by atoms with Gasteiger partial charge in [-0.15, -0.1) is 22.2 Å². The highest BCUT2D eigenvalue weighted by molar-refractivity contribution is 7.51. The summed E-state index contributed by atoms with van der Waals surface area (Å²) in [7, 11) is 0. The molecule has 4 heteroatoms. The Balaban J connectivity index is 2.93. The summed E-state index contributed by atoms with van der Waals surface area (Å²) in [4.78, 5) is 0. The fourth-order valence-corrected chi connectivity index (χ4v) is 2.35. The van der Waals surface area contributed by atoms with Crippen LogP contribution in [-0.2, 0) is 0 Å². The Morgan fingerprint density at radius 2 is 1.73 bits per heavy atom. The van der Waals surface area contributed by atoms with Crippen LogP contribution in [0.2, 0.25) is 0 Å². The van der Waals surface area contributed by atoms with Gasteiger partial charge in [0.15, 0.2) is 0 Å². The third-order valence-electron chi connectivity index (χ3n) is 1.36. The molecule has 0 unspecified atom stereocenters. The number of hydrogen-bond donors (Lipinski definition) is 0. The van der Waals surface area contributed by atoms with Gasteiger partial charge in [0.25, 0.3) is 0 Å². The number of halogens is 3. The first-order valence-corrected chi connectivity index (χ1v) is 7.39. The first-order chi connectivity index (χ1) is 5.17. The predicted molar refractivity (Wildman–Crippen MR) is 49.5 cm³/mol. The van der Waals surface area contributed by atoms with Crippen LogP contribution in [0.5, 0.6) is 0 Å². The molecule has 0 heterocycles. The molecule has 1 aromatic rings. The van der Waals surface area contributed by atoms with Gasteiger partial charge in [-0.25, -0.2) is 0 Å². The molecule has 0 saturated carbocycles. The standard InChI is InChI=1S/C7H7Cl2FSi/c8-11(9,6-10)7-4-2-1-3-5-7/h1-5H,6H2. The molecule has 11 heavy (non-hydrogen) atoms. The molecule has 60 valence electrons. The minimum atomic E-state index is -2.78. The first-order valence-electron chi connectivity index (χ1n) is 3.16. The lowest BCUT2D eigenvalue weighted by Crippen LogP contribution is -2.38. The minimum absolute atomic E-state index is 0.639. The van der Waals surface area contributed by atoms with Gasteiger partial charge in [0.2, 0.25) is 0 Å². The molecule has 0 fully saturated rings. The van der Waals surface area contributed by atoms with E-state index in [4.69, 9.17) is 22.2 Å². The van der Waals surface area contributed by atoms with Crippen LogP contribution >= 0.6 is 22.2 Å². The van der Waals surface area contributed by atoms with E-state index in [2.05, 4.69) is 0 Å². The van der Waals surface area contributed by atoms with Crippen molar-refractivity contribution in [2.75, 3.05) is 6.30 Å². The lowest BCUT2D eigenvalue weighted by molar-refractivity contribution is 0.592. The Morgan fingerprint density at radius 1 is 1.18 bits per heavy atom. The van der Waals surface area contributed by atoms with E-state index in [-0.39, 0.29) is 0 Å². The zero-order valence-electron chi connectivity index (χ0n) is 5.73. The van der Waals surface area contributed by atoms with Crippen molar-refractivity contribution in [2.45, 2.75) is 0 Å². The molecule has 0 amide bonds. The Labute approximate surface area is 75.4 Å². The molecule has 1 aromatic carbocycles. The van der Waals surface area contributed by atoms with Crippen LogP contribution in [0.15, 0.2) is 30.3 Å². The monoisotopic (exact) mass is 208 g/mol. The number of alkyl halides is 1. The molecule has 0 saturated heterocycles. The highest BCUT2D eigenvalue weighted by atomic mass is 35.7. The molecular formula is C7H7Cl2FSi. The molecule has 0 radical (unpaired) electrons. The van der Waals surface area contributed by atoms with Crippen molar-refractivity contribution in [3.8, 4) is 0 Å². The molecule has 1 rings (SSSR count). The van der Waals surface area contributed by atoms with E-state index in [1.165, 1.54) is 0 Å². The topological polar surface area (TPSA) is 0 Å². The second-order valence-electron chi connectivity index (χ2n) is 2.20. The fraction of sp³-hybridized carbons (Fsp3) is 0.143. The van der Waals surface area contributed by atoms with E-state index in [9.17, 15) is 4.39 Å². The summed E-state index contributed by atoms with van der Waals surface area (Å²) in [5, 5.41) is 0.728. The van der Waals surface area contributed by atoms with Crippen LogP contribution in [-0.4, -0.2) is 13.0 Å². The normalized spacial score (nSPS) is 11.5. The molecular weight excluding hydrogens is 202 g/mol. The zero-order chi connectivity index (χ0) is 8.32. The van der Waals surface area contributed by atoms with Crippen LogP contribution in [0.3, 0.4) is 0 Å². The van der Waals surface area contributed by atoms with Crippen molar-refractivity contribution < 1.29 is 4.39 Å². The maximum Gasteiger partial charge on any atom is 0.310 e. The van der Waals surface area contributed by atoms with Gasteiger partial charge >= 0.3 is 6.69 Å². The van der Waals surface area contributed by atoms with E-state index in [0.29, 0.717) is 0 Å². The quantitative estimate of drug-likeness (QED) is 0.518. The van der Waals surface area contributed by atoms with Crippen molar-refractivity contribution in [2.24, 2.45) is 0 Å². The van der Waals surface area contributed by atoms with Gasteiger partial charge in [-0.05, 0) is 5.19 Å². The van der Waals surface area contributed by atoms with Crippen molar-refractivity contribution in [3.05, 3.63) is 30.3 Å². The summed E-state index contributed by atoms with van der Waals surface area (Å²) < 4.78 is 12.3. The van der Waals surface area contributed by atoms with E-state index < -0.39 is 13.0 Å². The summed E-state index contributed by atoms with van der Waals surface area (Å²) in [6, 6.07) is 8.96. The Morgan fingerprint density at radius 3 is 2.18 bits per heavy atom. The van der Waals surface area contributed by atoms with Gasteiger partial charge in [-0.1, -0.05) is 30.3 Å². The molecule has 0 atom stereocenters. The highest BCUT2D eigenvalue weighted by Crippen LogP contribution is 2.14. The smallest absolute Gasteiger partial charge is 0.251 e. The SMILES string of the molecule is FC[Si](Cl)(Cl)c1ccccc1. The molecule has 0 aliphatic heterocycles. The summed E-state index contributed by atoms with van der Waals surface area (Å²) in [5.41, 5.74) is 0. The Hall–Kier alpha value is -0.0531. The Bertz CT molecular complexity index is 225. The molecule has 0 aliphatic rings. The van der Waals surface area contributed by atoms with Crippen LogP contribution in [0.4, 0.5) is 4.39 Å². The van der Waals surface area contributed by atoms with E-state index in [1.54, 1.807) is 24.3 Å². The average Bonchev–Trinajstić information content (AvgIpc) is 2.06. The van der Waals surface area contributed by atoms with Gasteiger partial charge in [0.05, 0.1) is 0 Å². The average molecular weight is 209 g/mol. The molecule has 0 N–H and O–H groups in total. The molecule has 0 aromatic heterocycles. The molecule has 0 spiro atoms. The third-order valence-corrected chi connectivity index (χ3v) is 4.79. The number of rotatable bonds is 2.